The van der Waals surface area contributed by atoms with Gasteiger partial charge in [0.2, 0.25) is 0 Å². The predicted octanol–water partition coefficient (Wildman–Crippen LogP) is 1.74. The Bertz CT molecular complexity index is 584. The Hall–Kier alpha value is -2.40. The molecule has 23 heavy (non-hydrogen) atoms. The summed E-state index contributed by atoms with van der Waals surface area (Å²) in [5, 5.41) is 15.9. The molecule has 0 bridgehead atoms. The van der Waals surface area contributed by atoms with Crippen LogP contribution in [0.5, 0.6) is 0 Å². The molecule has 0 aliphatic rings. The minimum Gasteiger partial charge on any atom is -0.392 e. The van der Waals surface area contributed by atoms with E-state index >= 15 is 0 Å². The fraction of sp³-hybridized carbons (Fsp3) is 0.333. The number of pyridine rings is 1. The van der Waals surface area contributed by atoms with Gasteiger partial charge in [0.25, 0.3) is 0 Å². The molecule has 5 heteroatoms. The van der Waals surface area contributed by atoms with Gasteiger partial charge in [0.1, 0.15) is 0 Å². The van der Waals surface area contributed by atoms with Gasteiger partial charge in [-0.1, -0.05) is 36.4 Å². The average Bonchev–Trinajstić information content (AvgIpc) is 2.58. The second-order valence-corrected chi connectivity index (χ2v) is 5.38. The number of benzene rings is 1. The minimum atomic E-state index is -0.422. The van der Waals surface area contributed by atoms with Crippen molar-refractivity contribution in [2.45, 2.75) is 26.0 Å². The molecule has 0 aliphatic heterocycles. The van der Waals surface area contributed by atoms with Crippen molar-refractivity contribution in [2.24, 2.45) is 4.99 Å². The maximum absolute atomic E-state index is 9.43. The van der Waals surface area contributed by atoms with Gasteiger partial charge in [-0.2, -0.15) is 0 Å². The molecule has 1 heterocycles. The number of rotatable bonds is 7. The van der Waals surface area contributed by atoms with Gasteiger partial charge in [0, 0.05) is 31.4 Å². The normalized spacial score (nSPS) is 12.7. The summed E-state index contributed by atoms with van der Waals surface area (Å²) < 4.78 is 0. The smallest absolute Gasteiger partial charge is 0.191 e. The summed E-state index contributed by atoms with van der Waals surface area (Å²) in [5.74, 6) is 0.700. The van der Waals surface area contributed by atoms with Crippen molar-refractivity contribution < 1.29 is 5.11 Å². The first kappa shape index (κ1) is 17.0. The summed E-state index contributed by atoms with van der Waals surface area (Å²) in [6.45, 7) is 3.54. The van der Waals surface area contributed by atoms with Crippen LogP contribution in [0.2, 0.25) is 0 Å². The number of aliphatic imine (C=N–C) groups is 1. The standard InChI is InChI=1S/C18H24N4O/c1-15(23)13-21-18(22-14-16-7-3-2-4-8-16)20-12-10-17-9-5-6-11-19-17/h2-9,11,15,23H,10,12-14H2,1H3,(H2,20,21,22). The van der Waals surface area contributed by atoms with Crippen LogP contribution in [0.4, 0.5) is 0 Å². The summed E-state index contributed by atoms with van der Waals surface area (Å²) in [6, 6.07) is 16.0. The first-order valence-electron chi connectivity index (χ1n) is 7.88. The molecule has 0 saturated heterocycles. The average molecular weight is 312 g/mol. The highest BCUT2D eigenvalue weighted by Gasteiger charge is 2.02. The Labute approximate surface area is 137 Å². The number of nitrogens with zero attached hydrogens (tertiary/aromatic N) is 2. The van der Waals surface area contributed by atoms with Crippen LogP contribution < -0.4 is 10.6 Å². The number of aliphatic hydroxyl groups is 1. The van der Waals surface area contributed by atoms with Crippen LogP contribution in [0.3, 0.4) is 0 Å². The largest absolute Gasteiger partial charge is 0.392 e. The van der Waals surface area contributed by atoms with Gasteiger partial charge >= 0.3 is 0 Å². The lowest BCUT2D eigenvalue weighted by molar-refractivity contribution is 0.197. The lowest BCUT2D eigenvalue weighted by atomic mass is 10.2. The first-order chi connectivity index (χ1) is 11.2. The van der Waals surface area contributed by atoms with E-state index in [1.54, 1.807) is 13.1 Å². The van der Waals surface area contributed by atoms with Crippen molar-refractivity contribution in [3.63, 3.8) is 0 Å². The van der Waals surface area contributed by atoms with E-state index in [9.17, 15) is 5.11 Å². The van der Waals surface area contributed by atoms with Crippen LogP contribution in [0.1, 0.15) is 18.2 Å². The molecule has 5 nitrogen and oxygen atoms in total. The molecular weight excluding hydrogens is 288 g/mol. The third-order valence-electron chi connectivity index (χ3n) is 3.23. The van der Waals surface area contributed by atoms with Gasteiger partial charge in [-0.15, -0.1) is 0 Å². The van der Waals surface area contributed by atoms with Crippen LogP contribution in [0, 0.1) is 0 Å². The molecule has 1 atom stereocenters. The topological polar surface area (TPSA) is 69.5 Å². The van der Waals surface area contributed by atoms with Crippen molar-refractivity contribution >= 4 is 5.96 Å². The van der Waals surface area contributed by atoms with Crippen molar-refractivity contribution in [2.75, 3.05) is 13.1 Å². The molecule has 2 rings (SSSR count). The van der Waals surface area contributed by atoms with E-state index in [4.69, 9.17) is 0 Å². The molecule has 1 aromatic heterocycles. The van der Waals surface area contributed by atoms with Crippen LogP contribution >= 0.6 is 0 Å². The van der Waals surface area contributed by atoms with Gasteiger partial charge in [0.05, 0.1) is 12.6 Å². The maximum atomic E-state index is 9.43. The van der Waals surface area contributed by atoms with Crippen LogP contribution in [-0.4, -0.2) is 35.2 Å². The summed E-state index contributed by atoms with van der Waals surface area (Å²) in [5.41, 5.74) is 2.19. The van der Waals surface area contributed by atoms with Crippen molar-refractivity contribution in [1.29, 1.82) is 0 Å². The SMILES string of the molecule is CC(O)CNC(=NCc1ccccc1)NCCc1ccccn1. The van der Waals surface area contributed by atoms with Crippen molar-refractivity contribution in [3.05, 3.63) is 66.0 Å². The molecule has 2 aromatic rings. The molecule has 3 N–H and O–H groups in total. The first-order valence-corrected chi connectivity index (χ1v) is 7.88. The molecule has 0 radical (unpaired) electrons. The summed E-state index contributed by atoms with van der Waals surface area (Å²) in [4.78, 5) is 8.86. The number of aromatic nitrogens is 1. The Morgan fingerprint density at radius 1 is 1.13 bits per heavy atom. The molecule has 0 fully saturated rings. The molecular formula is C18H24N4O. The number of hydrogen-bond donors (Lipinski definition) is 3. The van der Waals surface area contributed by atoms with Gasteiger partial charge in [0.15, 0.2) is 5.96 Å². The lowest BCUT2D eigenvalue weighted by Crippen LogP contribution is -2.41. The number of guanidine groups is 1. The Balaban J connectivity index is 1.88. The second kappa shape index (κ2) is 9.58. The molecule has 0 amide bonds. The molecule has 0 aliphatic carbocycles. The molecule has 1 unspecified atom stereocenters. The minimum absolute atomic E-state index is 0.422. The number of aliphatic hydroxyl groups excluding tert-OH is 1. The second-order valence-electron chi connectivity index (χ2n) is 5.38. The Kier molecular flexibility index (Phi) is 7.07. The third-order valence-corrected chi connectivity index (χ3v) is 3.23. The van der Waals surface area contributed by atoms with Crippen molar-refractivity contribution in [1.82, 2.24) is 15.6 Å². The molecule has 1 aromatic carbocycles. The van der Waals surface area contributed by atoms with E-state index in [0.717, 1.165) is 24.2 Å². The highest BCUT2D eigenvalue weighted by molar-refractivity contribution is 5.79. The highest BCUT2D eigenvalue weighted by Crippen LogP contribution is 2.00. The Morgan fingerprint density at radius 2 is 1.91 bits per heavy atom. The fourth-order valence-corrected chi connectivity index (χ4v) is 2.03. The third kappa shape index (κ3) is 6.93. The quantitative estimate of drug-likeness (QED) is 0.538. The van der Waals surface area contributed by atoms with Crippen LogP contribution in [0.15, 0.2) is 59.7 Å². The zero-order valence-electron chi connectivity index (χ0n) is 13.4. The number of hydrogen-bond acceptors (Lipinski definition) is 3. The van der Waals surface area contributed by atoms with E-state index in [1.807, 2.05) is 48.5 Å². The van der Waals surface area contributed by atoms with Gasteiger partial charge in [-0.25, -0.2) is 4.99 Å². The monoisotopic (exact) mass is 312 g/mol. The Morgan fingerprint density at radius 3 is 2.61 bits per heavy atom. The van der Waals surface area contributed by atoms with Gasteiger partial charge < -0.3 is 15.7 Å². The van der Waals surface area contributed by atoms with Crippen LogP contribution in [-0.2, 0) is 13.0 Å². The zero-order chi connectivity index (χ0) is 16.3. The van der Waals surface area contributed by atoms with Gasteiger partial charge in [-0.3, -0.25) is 4.98 Å². The van der Waals surface area contributed by atoms with E-state index in [0.29, 0.717) is 19.0 Å². The molecule has 122 valence electrons. The lowest BCUT2D eigenvalue weighted by Gasteiger charge is -2.13. The van der Waals surface area contributed by atoms with E-state index in [1.165, 1.54) is 0 Å². The van der Waals surface area contributed by atoms with Gasteiger partial charge in [-0.05, 0) is 24.6 Å². The summed E-state index contributed by atoms with van der Waals surface area (Å²) in [7, 11) is 0. The van der Waals surface area contributed by atoms with E-state index in [2.05, 4.69) is 20.6 Å². The van der Waals surface area contributed by atoms with Crippen LogP contribution in [0.25, 0.3) is 0 Å². The zero-order valence-corrected chi connectivity index (χ0v) is 13.4. The van der Waals surface area contributed by atoms with E-state index < -0.39 is 6.10 Å². The summed E-state index contributed by atoms with van der Waals surface area (Å²) >= 11 is 0. The highest BCUT2D eigenvalue weighted by atomic mass is 16.3. The number of nitrogens with one attached hydrogen (secondary N) is 2. The molecule has 0 spiro atoms. The summed E-state index contributed by atoms with van der Waals surface area (Å²) in [6.07, 6.45) is 2.20. The molecule has 0 saturated carbocycles. The van der Waals surface area contributed by atoms with Crippen molar-refractivity contribution in [3.8, 4) is 0 Å². The van der Waals surface area contributed by atoms with E-state index in [-0.39, 0.29) is 0 Å². The maximum Gasteiger partial charge on any atom is 0.191 e. The fourth-order valence-electron chi connectivity index (χ4n) is 2.03. The predicted molar refractivity (Wildman–Crippen MR) is 93.2 cm³/mol.